The first-order valence-electron chi connectivity index (χ1n) is 6.31. The van der Waals surface area contributed by atoms with Crippen LogP contribution in [0.1, 0.15) is 30.5 Å². The van der Waals surface area contributed by atoms with Crippen LogP contribution in [-0.4, -0.2) is 34.5 Å². The van der Waals surface area contributed by atoms with Gasteiger partial charge in [0.05, 0.1) is 13.2 Å². The van der Waals surface area contributed by atoms with Gasteiger partial charge in [0.25, 0.3) is 0 Å². The predicted octanol–water partition coefficient (Wildman–Crippen LogP) is 1.04. The number of hydrogen-bond donors (Lipinski definition) is 1. The number of nitrogen functional groups attached to an aromatic ring is 1. The van der Waals surface area contributed by atoms with E-state index in [2.05, 4.69) is 4.98 Å². The number of ether oxygens (including phenoxy) is 2. The fourth-order valence-corrected chi connectivity index (χ4v) is 2.79. The van der Waals surface area contributed by atoms with Gasteiger partial charge in [0.2, 0.25) is 11.9 Å². The van der Waals surface area contributed by atoms with Crippen LogP contribution in [0.5, 0.6) is 0 Å². The summed E-state index contributed by atoms with van der Waals surface area (Å²) in [6.45, 7) is 1.32. The molecular formula is C12H17N3O3. The van der Waals surface area contributed by atoms with Crippen molar-refractivity contribution in [3.63, 3.8) is 0 Å². The van der Waals surface area contributed by atoms with E-state index in [-0.39, 0.29) is 17.8 Å². The van der Waals surface area contributed by atoms with Gasteiger partial charge >= 0.3 is 0 Å². The Hall–Kier alpha value is -1.40. The summed E-state index contributed by atoms with van der Waals surface area (Å²) in [5.41, 5.74) is 5.65. The SMILES string of the molecule is Nc1nccn1C(=O)C1CCC2(CC1)OCCO2. The Bertz CT molecular complexity index is 441. The van der Waals surface area contributed by atoms with E-state index in [1.807, 2.05) is 0 Å². The molecule has 2 fully saturated rings. The van der Waals surface area contributed by atoms with Crippen molar-refractivity contribution >= 4 is 11.9 Å². The number of anilines is 1. The molecule has 6 heteroatoms. The van der Waals surface area contributed by atoms with Crippen molar-refractivity contribution in [1.29, 1.82) is 0 Å². The van der Waals surface area contributed by atoms with Crippen molar-refractivity contribution in [2.75, 3.05) is 18.9 Å². The minimum Gasteiger partial charge on any atom is -0.369 e. The first-order valence-corrected chi connectivity index (χ1v) is 6.31. The average molecular weight is 251 g/mol. The van der Waals surface area contributed by atoms with E-state index in [1.165, 1.54) is 4.57 Å². The molecule has 6 nitrogen and oxygen atoms in total. The van der Waals surface area contributed by atoms with Crippen molar-refractivity contribution in [2.45, 2.75) is 31.5 Å². The summed E-state index contributed by atoms with van der Waals surface area (Å²) in [6.07, 6.45) is 6.26. The van der Waals surface area contributed by atoms with E-state index < -0.39 is 5.79 Å². The lowest BCUT2D eigenvalue weighted by atomic mass is 9.84. The number of rotatable bonds is 1. The zero-order chi connectivity index (χ0) is 12.6. The highest BCUT2D eigenvalue weighted by molar-refractivity contribution is 5.83. The van der Waals surface area contributed by atoms with Crippen LogP contribution in [0.2, 0.25) is 0 Å². The summed E-state index contributed by atoms with van der Waals surface area (Å²) in [6, 6.07) is 0. The second kappa shape index (κ2) is 4.37. The topological polar surface area (TPSA) is 79.4 Å². The van der Waals surface area contributed by atoms with Gasteiger partial charge in [0.15, 0.2) is 5.79 Å². The van der Waals surface area contributed by atoms with Crippen molar-refractivity contribution < 1.29 is 14.3 Å². The molecule has 0 unspecified atom stereocenters. The van der Waals surface area contributed by atoms with Gasteiger partial charge in [-0.15, -0.1) is 0 Å². The van der Waals surface area contributed by atoms with Crippen LogP contribution < -0.4 is 5.73 Å². The minimum atomic E-state index is -0.419. The molecule has 2 aliphatic rings. The number of aromatic nitrogens is 2. The van der Waals surface area contributed by atoms with Crippen LogP contribution in [0.4, 0.5) is 5.95 Å². The Labute approximate surface area is 105 Å². The van der Waals surface area contributed by atoms with Gasteiger partial charge in [-0.2, -0.15) is 0 Å². The molecule has 1 saturated heterocycles. The standard InChI is InChI=1S/C12H17N3O3/c13-11-14-5-6-15(11)10(16)9-1-3-12(4-2-9)17-7-8-18-12/h5-6,9H,1-4,7-8H2,(H2,13,14). The van der Waals surface area contributed by atoms with E-state index in [0.717, 1.165) is 25.7 Å². The van der Waals surface area contributed by atoms with Crippen LogP contribution in [0.15, 0.2) is 12.4 Å². The molecule has 2 N–H and O–H groups in total. The van der Waals surface area contributed by atoms with Gasteiger partial charge in [-0.1, -0.05) is 0 Å². The average Bonchev–Trinajstić information content (AvgIpc) is 2.99. The zero-order valence-corrected chi connectivity index (χ0v) is 10.2. The number of nitrogens with zero attached hydrogens (tertiary/aromatic N) is 2. The Morgan fingerprint density at radius 2 is 2.06 bits per heavy atom. The van der Waals surface area contributed by atoms with Crippen molar-refractivity contribution in [2.24, 2.45) is 5.92 Å². The third-order valence-electron chi connectivity index (χ3n) is 3.82. The molecule has 1 spiro atoms. The molecule has 98 valence electrons. The van der Waals surface area contributed by atoms with Crippen LogP contribution >= 0.6 is 0 Å². The number of nitrogens with two attached hydrogens (primary N) is 1. The molecule has 1 aromatic rings. The fraction of sp³-hybridized carbons (Fsp3) is 0.667. The quantitative estimate of drug-likeness (QED) is 0.806. The lowest BCUT2D eigenvalue weighted by molar-refractivity contribution is -0.180. The summed E-state index contributed by atoms with van der Waals surface area (Å²) in [4.78, 5) is 16.1. The molecule has 18 heavy (non-hydrogen) atoms. The van der Waals surface area contributed by atoms with Gasteiger partial charge in [-0.05, 0) is 12.8 Å². The van der Waals surface area contributed by atoms with Crippen molar-refractivity contribution in [3.8, 4) is 0 Å². The third-order valence-corrected chi connectivity index (χ3v) is 3.82. The summed E-state index contributed by atoms with van der Waals surface area (Å²) in [5.74, 6) is -0.150. The second-order valence-electron chi connectivity index (χ2n) is 4.88. The fourth-order valence-electron chi connectivity index (χ4n) is 2.79. The molecule has 0 aromatic carbocycles. The summed E-state index contributed by atoms with van der Waals surface area (Å²) >= 11 is 0. The highest BCUT2D eigenvalue weighted by Gasteiger charge is 2.42. The maximum absolute atomic E-state index is 12.2. The van der Waals surface area contributed by atoms with Gasteiger partial charge in [-0.25, -0.2) is 4.98 Å². The largest absolute Gasteiger partial charge is 0.369 e. The normalized spacial score (nSPS) is 23.6. The van der Waals surface area contributed by atoms with E-state index in [4.69, 9.17) is 15.2 Å². The van der Waals surface area contributed by atoms with E-state index in [9.17, 15) is 4.79 Å². The lowest BCUT2D eigenvalue weighted by Crippen LogP contribution is -2.38. The molecule has 0 bridgehead atoms. The molecule has 1 saturated carbocycles. The first-order chi connectivity index (χ1) is 8.70. The molecule has 0 amide bonds. The van der Waals surface area contributed by atoms with Crippen molar-refractivity contribution in [1.82, 2.24) is 9.55 Å². The Balaban J connectivity index is 1.66. The predicted molar refractivity (Wildman–Crippen MR) is 63.9 cm³/mol. The summed E-state index contributed by atoms with van der Waals surface area (Å²) in [7, 11) is 0. The second-order valence-corrected chi connectivity index (χ2v) is 4.88. The first kappa shape index (κ1) is 11.7. The van der Waals surface area contributed by atoms with Gasteiger partial charge in [-0.3, -0.25) is 9.36 Å². The molecule has 0 radical (unpaired) electrons. The number of carbonyl (C=O) groups is 1. The minimum absolute atomic E-state index is 0.0140. The smallest absolute Gasteiger partial charge is 0.236 e. The number of hydrogen-bond acceptors (Lipinski definition) is 5. The molecule has 2 heterocycles. The molecular weight excluding hydrogens is 234 g/mol. The Kier molecular flexibility index (Phi) is 2.83. The molecule has 1 aliphatic heterocycles. The third kappa shape index (κ3) is 1.91. The monoisotopic (exact) mass is 251 g/mol. The summed E-state index contributed by atoms with van der Waals surface area (Å²) < 4.78 is 12.7. The Morgan fingerprint density at radius 3 is 2.61 bits per heavy atom. The van der Waals surface area contributed by atoms with Gasteiger partial charge in [0.1, 0.15) is 0 Å². The Morgan fingerprint density at radius 1 is 1.39 bits per heavy atom. The number of carbonyl (C=O) groups excluding carboxylic acids is 1. The van der Waals surface area contributed by atoms with E-state index in [0.29, 0.717) is 13.2 Å². The zero-order valence-electron chi connectivity index (χ0n) is 10.2. The van der Waals surface area contributed by atoms with Crippen LogP contribution in [-0.2, 0) is 9.47 Å². The van der Waals surface area contributed by atoms with Crippen LogP contribution in [0.3, 0.4) is 0 Å². The highest BCUT2D eigenvalue weighted by Crippen LogP contribution is 2.38. The lowest BCUT2D eigenvalue weighted by Gasteiger charge is -2.34. The highest BCUT2D eigenvalue weighted by atomic mass is 16.7. The molecule has 0 atom stereocenters. The maximum Gasteiger partial charge on any atom is 0.236 e. The number of imidazole rings is 1. The van der Waals surface area contributed by atoms with E-state index >= 15 is 0 Å². The van der Waals surface area contributed by atoms with E-state index in [1.54, 1.807) is 12.4 Å². The van der Waals surface area contributed by atoms with Gasteiger partial charge in [0, 0.05) is 31.2 Å². The maximum atomic E-state index is 12.2. The van der Waals surface area contributed by atoms with Crippen molar-refractivity contribution in [3.05, 3.63) is 12.4 Å². The van der Waals surface area contributed by atoms with Gasteiger partial charge < -0.3 is 15.2 Å². The molecule has 1 aliphatic carbocycles. The summed E-state index contributed by atoms with van der Waals surface area (Å²) in [5, 5.41) is 0. The molecule has 1 aromatic heterocycles. The molecule has 3 rings (SSSR count). The van der Waals surface area contributed by atoms with Crippen LogP contribution in [0, 0.1) is 5.92 Å². The van der Waals surface area contributed by atoms with Crippen LogP contribution in [0.25, 0.3) is 0 Å².